The first kappa shape index (κ1) is 9.69. The molecule has 0 bridgehead atoms. The zero-order valence-electron chi connectivity index (χ0n) is 8.48. The Kier molecular flexibility index (Phi) is 3.17. The van der Waals surface area contributed by atoms with Gasteiger partial charge in [-0.2, -0.15) is 0 Å². The molecule has 1 aromatic carbocycles. The fraction of sp³-hybridized carbons (Fsp3) is 0.500. The average molecular weight is 192 g/mol. The van der Waals surface area contributed by atoms with Crippen molar-refractivity contribution >= 4 is 0 Å². The van der Waals surface area contributed by atoms with E-state index >= 15 is 0 Å². The molecule has 1 aliphatic heterocycles. The van der Waals surface area contributed by atoms with Crippen molar-refractivity contribution in [2.45, 2.75) is 25.0 Å². The lowest BCUT2D eigenvalue weighted by molar-refractivity contribution is -0.00220. The zero-order chi connectivity index (χ0) is 9.80. The van der Waals surface area contributed by atoms with Crippen LogP contribution in [0.1, 0.15) is 24.5 Å². The molecule has 2 atom stereocenters. The number of hydrogen-bond donors (Lipinski definition) is 0. The highest BCUT2D eigenvalue weighted by Gasteiger charge is 2.25. The molecule has 2 rings (SSSR count). The van der Waals surface area contributed by atoms with Crippen LogP contribution >= 0.6 is 0 Å². The molecule has 0 aliphatic carbocycles. The van der Waals surface area contributed by atoms with Gasteiger partial charge in [-0.25, -0.2) is 0 Å². The standard InChI is InChI=1S/C12H16O2/c1-13-9-11-7-8-12(14-11)10-5-3-2-4-6-10/h2-6,11-12H,7-9H2,1H3/t11-,12+/m0/s1. The molecule has 1 aromatic rings. The Morgan fingerprint density at radius 3 is 2.79 bits per heavy atom. The topological polar surface area (TPSA) is 18.5 Å². The van der Waals surface area contributed by atoms with Crippen molar-refractivity contribution in [3.63, 3.8) is 0 Å². The van der Waals surface area contributed by atoms with Crippen molar-refractivity contribution in [2.75, 3.05) is 13.7 Å². The number of rotatable bonds is 3. The summed E-state index contributed by atoms with van der Waals surface area (Å²) in [5, 5.41) is 0. The fourth-order valence-electron chi connectivity index (χ4n) is 1.93. The van der Waals surface area contributed by atoms with Gasteiger partial charge in [0.25, 0.3) is 0 Å². The van der Waals surface area contributed by atoms with Crippen LogP contribution in [-0.4, -0.2) is 19.8 Å². The van der Waals surface area contributed by atoms with Crippen LogP contribution in [-0.2, 0) is 9.47 Å². The molecule has 1 fully saturated rings. The molecule has 0 radical (unpaired) electrons. The normalized spacial score (nSPS) is 26.6. The minimum atomic E-state index is 0.274. The number of ether oxygens (including phenoxy) is 2. The summed E-state index contributed by atoms with van der Waals surface area (Å²) < 4.78 is 10.9. The van der Waals surface area contributed by atoms with Crippen molar-refractivity contribution < 1.29 is 9.47 Å². The van der Waals surface area contributed by atoms with Gasteiger partial charge in [-0.15, -0.1) is 0 Å². The smallest absolute Gasteiger partial charge is 0.0830 e. The monoisotopic (exact) mass is 192 g/mol. The van der Waals surface area contributed by atoms with Gasteiger partial charge in [-0.05, 0) is 18.4 Å². The second kappa shape index (κ2) is 4.58. The number of methoxy groups -OCH3 is 1. The maximum absolute atomic E-state index is 5.86. The Bertz CT molecular complexity index is 271. The summed E-state index contributed by atoms with van der Waals surface area (Å²) in [5.41, 5.74) is 1.28. The van der Waals surface area contributed by atoms with E-state index in [0.29, 0.717) is 6.61 Å². The molecule has 0 unspecified atom stereocenters. The molecular formula is C12H16O2. The first-order chi connectivity index (χ1) is 6.90. The van der Waals surface area contributed by atoms with Crippen molar-refractivity contribution in [2.24, 2.45) is 0 Å². The Balaban J connectivity index is 1.96. The van der Waals surface area contributed by atoms with E-state index in [2.05, 4.69) is 24.3 Å². The predicted molar refractivity (Wildman–Crippen MR) is 55.2 cm³/mol. The molecule has 76 valence electrons. The lowest BCUT2D eigenvalue weighted by Crippen LogP contribution is -2.13. The van der Waals surface area contributed by atoms with Crippen molar-refractivity contribution in [3.8, 4) is 0 Å². The van der Waals surface area contributed by atoms with Gasteiger partial charge in [0, 0.05) is 7.11 Å². The molecular weight excluding hydrogens is 176 g/mol. The molecule has 0 amide bonds. The maximum Gasteiger partial charge on any atom is 0.0830 e. The largest absolute Gasteiger partial charge is 0.382 e. The van der Waals surface area contributed by atoms with Crippen LogP contribution in [0.3, 0.4) is 0 Å². The molecule has 2 nitrogen and oxygen atoms in total. The van der Waals surface area contributed by atoms with E-state index in [4.69, 9.17) is 9.47 Å². The highest BCUT2D eigenvalue weighted by molar-refractivity contribution is 5.18. The molecule has 0 saturated carbocycles. The highest BCUT2D eigenvalue weighted by atomic mass is 16.5. The Morgan fingerprint density at radius 1 is 1.29 bits per heavy atom. The first-order valence-electron chi connectivity index (χ1n) is 5.09. The zero-order valence-corrected chi connectivity index (χ0v) is 8.48. The van der Waals surface area contributed by atoms with E-state index in [1.807, 2.05) is 6.07 Å². The molecule has 0 aromatic heterocycles. The summed E-state index contributed by atoms with van der Waals surface area (Å²) in [7, 11) is 1.72. The van der Waals surface area contributed by atoms with Crippen LogP contribution in [0, 0.1) is 0 Å². The predicted octanol–water partition coefficient (Wildman–Crippen LogP) is 2.55. The van der Waals surface area contributed by atoms with Crippen molar-refractivity contribution in [1.82, 2.24) is 0 Å². The third-order valence-corrected chi connectivity index (χ3v) is 2.63. The fourth-order valence-corrected chi connectivity index (χ4v) is 1.93. The summed E-state index contributed by atoms with van der Waals surface area (Å²) >= 11 is 0. The summed E-state index contributed by atoms with van der Waals surface area (Å²) in [6.45, 7) is 0.712. The van der Waals surface area contributed by atoms with E-state index in [1.165, 1.54) is 5.56 Å². The molecule has 2 heteroatoms. The molecule has 1 saturated heterocycles. The number of benzene rings is 1. The molecule has 1 aliphatic rings. The van der Waals surface area contributed by atoms with Crippen LogP contribution in [0.25, 0.3) is 0 Å². The van der Waals surface area contributed by atoms with Gasteiger partial charge >= 0.3 is 0 Å². The van der Waals surface area contributed by atoms with Crippen molar-refractivity contribution in [1.29, 1.82) is 0 Å². The second-order valence-corrected chi connectivity index (χ2v) is 3.69. The van der Waals surface area contributed by atoms with Gasteiger partial charge < -0.3 is 9.47 Å². The third kappa shape index (κ3) is 2.14. The Hall–Kier alpha value is -0.860. The molecule has 0 spiro atoms. The second-order valence-electron chi connectivity index (χ2n) is 3.69. The van der Waals surface area contributed by atoms with E-state index < -0.39 is 0 Å². The maximum atomic E-state index is 5.86. The SMILES string of the molecule is COC[C@@H]1CC[C@H](c2ccccc2)O1. The Morgan fingerprint density at radius 2 is 2.07 bits per heavy atom. The minimum absolute atomic E-state index is 0.274. The van der Waals surface area contributed by atoms with Gasteiger partial charge in [0.15, 0.2) is 0 Å². The van der Waals surface area contributed by atoms with E-state index in [1.54, 1.807) is 7.11 Å². The Labute approximate surface area is 84.8 Å². The van der Waals surface area contributed by atoms with Gasteiger partial charge in [-0.3, -0.25) is 0 Å². The van der Waals surface area contributed by atoms with Gasteiger partial charge in [-0.1, -0.05) is 30.3 Å². The first-order valence-corrected chi connectivity index (χ1v) is 5.09. The van der Waals surface area contributed by atoms with Gasteiger partial charge in [0.2, 0.25) is 0 Å². The van der Waals surface area contributed by atoms with Crippen LogP contribution < -0.4 is 0 Å². The lowest BCUT2D eigenvalue weighted by Gasteiger charge is -2.12. The van der Waals surface area contributed by atoms with Crippen LogP contribution in [0.5, 0.6) is 0 Å². The highest BCUT2D eigenvalue weighted by Crippen LogP contribution is 2.32. The van der Waals surface area contributed by atoms with Gasteiger partial charge in [0.05, 0.1) is 18.8 Å². The summed E-state index contributed by atoms with van der Waals surface area (Å²) in [4.78, 5) is 0. The van der Waals surface area contributed by atoms with Crippen LogP contribution in [0.15, 0.2) is 30.3 Å². The molecule has 1 heterocycles. The van der Waals surface area contributed by atoms with E-state index in [0.717, 1.165) is 12.8 Å². The average Bonchev–Trinajstić information content (AvgIpc) is 2.68. The lowest BCUT2D eigenvalue weighted by atomic mass is 10.1. The van der Waals surface area contributed by atoms with E-state index in [9.17, 15) is 0 Å². The third-order valence-electron chi connectivity index (χ3n) is 2.63. The van der Waals surface area contributed by atoms with Crippen molar-refractivity contribution in [3.05, 3.63) is 35.9 Å². The summed E-state index contributed by atoms with van der Waals surface area (Å²) in [6.07, 6.45) is 2.77. The minimum Gasteiger partial charge on any atom is -0.382 e. The molecule has 0 N–H and O–H groups in total. The quantitative estimate of drug-likeness (QED) is 0.732. The van der Waals surface area contributed by atoms with Gasteiger partial charge in [0.1, 0.15) is 0 Å². The summed E-state index contributed by atoms with van der Waals surface area (Å²) in [6, 6.07) is 10.4. The molecule has 14 heavy (non-hydrogen) atoms. The summed E-state index contributed by atoms with van der Waals surface area (Å²) in [5.74, 6) is 0. The van der Waals surface area contributed by atoms with Crippen LogP contribution in [0.2, 0.25) is 0 Å². The number of hydrogen-bond acceptors (Lipinski definition) is 2. The van der Waals surface area contributed by atoms with E-state index in [-0.39, 0.29) is 12.2 Å². The van der Waals surface area contributed by atoms with Crippen LogP contribution in [0.4, 0.5) is 0 Å².